The third-order valence-corrected chi connectivity index (χ3v) is 7.96. The molecule has 11 heteroatoms. The van der Waals surface area contributed by atoms with Gasteiger partial charge in [-0.05, 0) is 72.4 Å². The molecule has 1 fully saturated rings. The van der Waals surface area contributed by atoms with Gasteiger partial charge < -0.3 is 14.6 Å². The molecule has 4 aromatic rings. The van der Waals surface area contributed by atoms with Crippen LogP contribution in [0.15, 0.2) is 77.2 Å². The molecule has 0 saturated carbocycles. The van der Waals surface area contributed by atoms with Crippen molar-refractivity contribution >= 4 is 81.0 Å². The van der Waals surface area contributed by atoms with Crippen molar-refractivity contribution in [1.29, 1.82) is 0 Å². The van der Waals surface area contributed by atoms with E-state index in [9.17, 15) is 4.79 Å². The molecule has 6 nitrogen and oxygen atoms in total. The average Bonchev–Trinajstić information content (AvgIpc) is 3.42. The van der Waals surface area contributed by atoms with Crippen LogP contribution in [0.1, 0.15) is 16.1 Å². The van der Waals surface area contributed by atoms with E-state index in [1.807, 2.05) is 30.3 Å². The standard InChI is InChI=1S/C29H24Cl4N4O2S/c30-19-5-7-23(32)21(15-19)26-9-10-27(39-26)28(38)35-29(40)34-20-6-8-25(24(33)16-20)37-13-11-36(12-14-37)17-18-3-1-2-4-22(18)31/h1-10,15-16H,11-14,17H2,(H2,34,35,38,40). The van der Waals surface area contributed by atoms with Gasteiger partial charge in [-0.15, -0.1) is 0 Å². The highest BCUT2D eigenvalue weighted by atomic mass is 35.5. The van der Waals surface area contributed by atoms with E-state index in [4.69, 9.17) is 63.0 Å². The summed E-state index contributed by atoms with van der Waals surface area (Å²) in [4.78, 5) is 17.3. The molecule has 1 aliphatic heterocycles. The van der Waals surface area contributed by atoms with E-state index in [1.165, 1.54) is 0 Å². The quantitative estimate of drug-likeness (QED) is 0.210. The second-order valence-corrected chi connectivity index (χ2v) is 11.3. The molecule has 0 unspecified atom stereocenters. The van der Waals surface area contributed by atoms with Crippen molar-refractivity contribution in [2.24, 2.45) is 0 Å². The molecule has 1 amide bonds. The summed E-state index contributed by atoms with van der Waals surface area (Å²) >= 11 is 30.6. The van der Waals surface area contributed by atoms with Gasteiger partial charge in [0, 0.05) is 54.0 Å². The monoisotopic (exact) mass is 632 g/mol. The highest BCUT2D eigenvalue weighted by Crippen LogP contribution is 2.32. The van der Waals surface area contributed by atoms with Crippen molar-refractivity contribution in [2.75, 3.05) is 36.4 Å². The van der Waals surface area contributed by atoms with Crippen LogP contribution in [0.25, 0.3) is 11.3 Å². The number of piperazine rings is 1. The van der Waals surface area contributed by atoms with Crippen LogP contribution in [0.5, 0.6) is 0 Å². The van der Waals surface area contributed by atoms with E-state index in [0.717, 1.165) is 49.0 Å². The molecule has 0 bridgehead atoms. The molecular weight excluding hydrogens is 610 g/mol. The van der Waals surface area contributed by atoms with Gasteiger partial charge in [0.1, 0.15) is 5.76 Å². The lowest BCUT2D eigenvalue weighted by molar-refractivity contribution is 0.0951. The summed E-state index contributed by atoms with van der Waals surface area (Å²) in [5.41, 5.74) is 3.32. The zero-order chi connectivity index (χ0) is 28.2. The molecular formula is C29H24Cl4N4O2S. The maximum absolute atomic E-state index is 12.7. The fraction of sp³-hybridized carbons (Fsp3) is 0.172. The number of benzene rings is 3. The average molecular weight is 634 g/mol. The Labute approximate surface area is 257 Å². The molecule has 1 aromatic heterocycles. The van der Waals surface area contributed by atoms with Gasteiger partial charge in [-0.25, -0.2) is 0 Å². The molecule has 0 aliphatic carbocycles. The predicted octanol–water partition coefficient (Wildman–Crippen LogP) is 8.01. The zero-order valence-electron chi connectivity index (χ0n) is 21.1. The van der Waals surface area contributed by atoms with Crippen LogP contribution in [0.2, 0.25) is 20.1 Å². The number of carbonyl (C=O) groups is 1. The Morgan fingerprint density at radius 1 is 0.850 bits per heavy atom. The van der Waals surface area contributed by atoms with Gasteiger partial charge in [0.25, 0.3) is 5.91 Å². The molecule has 2 N–H and O–H groups in total. The number of nitrogens with one attached hydrogen (secondary N) is 2. The van der Waals surface area contributed by atoms with Crippen LogP contribution < -0.4 is 15.5 Å². The van der Waals surface area contributed by atoms with E-state index in [1.54, 1.807) is 36.4 Å². The third-order valence-electron chi connectivity index (χ3n) is 6.52. The lowest BCUT2D eigenvalue weighted by Gasteiger charge is -2.36. The Morgan fingerprint density at radius 2 is 1.62 bits per heavy atom. The molecule has 40 heavy (non-hydrogen) atoms. The Morgan fingerprint density at radius 3 is 2.38 bits per heavy atom. The molecule has 0 radical (unpaired) electrons. The number of anilines is 2. The smallest absolute Gasteiger partial charge is 0.293 e. The van der Waals surface area contributed by atoms with Crippen molar-refractivity contribution in [1.82, 2.24) is 10.2 Å². The first-order valence-corrected chi connectivity index (χ1v) is 14.4. The van der Waals surface area contributed by atoms with Crippen LogP contribution in [-0.4, -0.2) is 42.1 Å². The van der Waals surface area contributed by atoms with Gasteiger partial charge in [0.15, 0.2) is 10.9 Å². The van der Waals surface area contributed by atoms with Gasteiger partial charge in [-0.1, -0.05) is 64.6 Å². The maximum atomic E-state index is 12.7. The number of rotatable bonds is 6. The highest BCUT2D eigenvalue weighted by molar-refractivity contribution is 7.80. The van der Waals surface area contributed by atoms with E-state index in [0.29, 0.717) is 32.1 Å². The summed E-state index contributed by atoms with van der Waals surface area (Å²) in [6.45, 7) is 4.31. The molecule has 5 rings (SSSR count). The van der Waals surface area contributed by atoms with Crippen molar-refractivity contribution in [3.05, 3.63) is 104 Å². The zero-order valence-corrected chi connectivity index (χ0v) is 24.9. The topological polar surface area (TPSA) is 60.8 Å². The number of halogens is 4. The second-order valence-electron chi connectivity index (χ2n) is 9.22. The second kappa shape index (κ2) is 12.8. The molecule has 0 spiro atoms. The number of hydrogen-bond acceptors (Lipinski definition) is 5. The van der Waals surface area contributed by atoms with Crippen molar-refractivity contribution in [3.63, 3.8) is 0 Å². The summed E-state index contributed by atoms with van der Waals surface area (Å²) in [6.07, 6.45) is 0. The first-order chi connectivity index (χ1) is 19.3. The van der Waals surface area contributed by atoms with E-state index in [2.05, 4.69) is 26.5 Å². The lowest BCUT2D eigenvalue weighted by Crippen LogP contribution is -2.46. The SMILES string of the molecule is O=C(NC(=S)Nc1ccc(N2CCN(Cc3ccccc3Cl)CC2)c(Cl)c1)c1ccc(-c2cc(Cl)ccc2Cl)o1. The fourth-order valence-electron chi connectivity index (χ4n) is 4.47. The Hall–Kier alpha value is -2.78. The predicted molar refractivity (Wildman–Crippen MR) is 168 cm³/mol. The number of furan rings is 1. The molecule has 2 heterocycles. The molecule has 206 valence electrons. The largest absolute Gasteiger partial charge is 0.451 e. The number of carbonyl (C=O) groups excluding carboxylic acids is 1. The van der Waals surface area contributed by atoms with Gasteiger partial charge in [0.2, 0.25) is 0 Å². The Bertz CT molecular complexity index is 1550. The van der Waals surface area contributed by atoms with E-state index < -0.39 is 5.91 Å². The summed E-state index contributed by atoms with van der Waals surface area (Å²) < 4.78 is 5.69. The first kappa shape index (κ1) is 28.7. The van der Waals surface area contributed by atoms with Crippen LogP contribution in [-0.2, 0) is 6.54 Å². The Balaban J connectivity index is 1.15. The molecule has 1 aliphatic rings. The molecule has 3 aromatic carbocycles. The first-order valence-electron chi connectivity index (χ1n) is 12.4. The molecule has 1 saturated heterocycles. The van der Waals surface area contributed by atoms with Crippen LogP contribution in [0, 0.1) is 0 Å². The van der Waals surface area contributed by atoms with E-state index >= 15 is 0 Å². The fourth-order valence-corrected chi connectivity index (χ4v) is 5.56. The number of amides is 1. The van der Waals surface area contributed by atoms with Crippen molar-refractivity contribution < 1.29 is 9.21 Å². The van der Waals surface area contributed by atoms with Gasteiger partial charge in [-0.3, -0.25) is 15.0 Å². The van der Waals surface area contributed by atoms with Crippen molar-refractivity contribution in [2.45, 2.75) is 6.54 Å². The highest BCUT2D eigenvalue weighted by Gasteiger charge is 2.20. The summed E-state index contributed by atoms with van der Waals surface area (Å²) in [5.74, 6) is 0.000115. The minimum atomic E-state index is -0.501. The summed E-state index contributed by atoms with van der Waals surface area (Å²) in [5, 5.41) is 8.09. The summed E-state index contributed by atoms with van der Waals surface area (Å²) in [6, 6.07) is 21.8. The minimum Gasteiger partial charge on any atom is -0.451 e. The summed E-state index contributed by atoms with van der Waals surface area (Å²) in [7, 11) is 0. The van der Waals surface area contributed by atoms with Crippen LogP contribution in [0.4, 0.5) is 11.4 Å². The normalized spacial score (nSPS) is 13.8. The van der Waals surface area contributed by atoms with Gasteiger partial charge in [-0.2, -0.15) is 0 Å². The molecule has 0 atom stereocenters. The lowest BCUT2D eigenvalue weighted by atomic mass is 10.2. The number of thiocarbonyl (C=S) groups is 1. The minimum absolute atomic E-state index is 0.0808. The Kier molecular flexibility index (Phi) is 9.20. The van der Waals surface area contributed by atoms with Gasteiger partial charge >= 0.3 is 0 Å². The maximum Gasteiger partial charge on any atom is 0.293 e. The van der Waals surface area contributed by atoms with Gasteiger partial charge in [0.05, 0.1) is 15.7 Å². The van der Waals surface area contributed by atoms with E-state index in [-0.39, 0.29) is 10.9 Å². The van der Waals surface area contributed by atoms with Crippen molar-refractivity contribution in [3.8, 4) is 11.3 Å². The number of nitrogens with zero attached hydrogens (tertiary/aromatic N) is 2. The third kappa shape index (κ3) is 6.92. The van der Waals surface area contributed by atoms with Crippen LogP contribution >= 0.6 is 58.6 Å². The van der Waals surface area contributed by atoms with Crippen LogP contribution in [0.3, 0.4) is 0 Å². The number of hydrogen-bond donors (Lipinski definition) is 2.